The number of hydrogen-bond donors (Lipinski definition) is 0. The average Bonchev–Trinajstić information content (AvgIpc) is 2.58. The zero-order chi connectivity index (χ0) is 16.8. The van der Waals surface area contributed by atoms with Gasteiger partial charge in [-0.3, -0.25) is 0 Å². The summed E-state index contributed by atoms with van der Waals surface area (Å²) in [6.07, 6.45) is 2.82. The van der Waals surface area contributed by atoms with Gasteiger partial charge in [0, 0.05) is 0 Å². The number of ether oxygens (including phenoxy) is 1. The second-order valence-corrected chi connectivity index (χ2v) is 4.42. The van der Waals surface area contributed by atoms with E-state index in [1.807, 2.05) is 39.8 Å². The Morgan fingerprint density at radius 1 is 0.955 bits per heavy atom. The fraction of sp³-hybridized carbons (Fsp3) is 0.333. The van der Waals surface area contributed by atoms with Crippen molar-refractivity contribution in [1.29, 1.82) is 0 Å². The molecule has 0 aliphatic carbocycles. The summed E-state index contributed by atoms with van der Waals surface area (Å²) in [5.74, 6) is 0.933. The SMILES string of the molecule is C=CC.CC.CCOc1ccc(-c2cccc(CC)c2)cc1. The number of allylic oxidation sites excluding steroid dienone is 1. The van der Waals surface area contributed by atoms with Crippen LogP contribution in [0, 0.1) is 0 Å². The predicted molar refractivity (Wildman–Crippen MR) is 99.6 cm³/mol. The van der Waals surface area contributed by atoms with E-state index in [0.717, 1.165) is 12.2 Å². The first kappa shape index (κ1) is 20.0. The summed E-state index contributed by atoms with van der Waals surface area (Å²) in [7, 11) is 0. The molecule has 0 aromatic heterocycles. The topological polar surface area (TPSA) is 9.23 Å². The highest BCUT2D eigenvalue weighted by atomic mass is 16.5. The molecule has 2 aromatic rings. The molecule has 2 aromatic carbocycles. The molecular weight excluding hydrogens is 268 g/mol. The van der Waals surface area contributed by atoms with Crippen LogP contribution in [0.4, 0.5) is 0 Å². The number of hydrogen-bond acceptors (Lipinski definition) is 1. The Morgan fingerprint density at radius 3 is 2.05 bits per heavy atom. The summed E-state index contributed by atoms with van der Waals surface area (Å²) in [4.78, 5) is 0. The van der Waals surface area contributed by atoms with Crippen LogP contribution in [0.15, 0.2) is 61.2 Å². The molecule has 0 aliphatic rings. The highest BCUT2D eigenvalue weighted by Gasteiger charge is 1.99. The lowest BCUT2D eigenvalue weighted by Gasteiger charge is -2.06. The fourth-order valence-electron chi connectivity index (χ4n) is 1.88. The maximum Gasteiger partial charge on any atom is 0.119 e. The molecule has 22 heavy (non-hydrogen) atoms. The Kier molecular flexibility index (Phi) is 11.5. The van der Waals surface area contributed by atoms with E-state index in [9.17, 15) is 0 Å². The van der Waals surface area contributed by atoms with Crippen LogP contribution in [0.3, 0.4) is 0 Å². The van der Waals surface area contributed by atoms with Crippen molar-refractivity contribution in [3.63, 3.8) is 0 Å². The zero-order valence-corrected chi connectivity index (χ0v) is 14.7. The maximum absolute atomic E-state index is 5.44. The van der Waals surface area contributed by atoms with Gasteiger partial charge in [-0.25, -0.2) is 0 Å². The number of benzene rings is 2. The summed E-state index contributed by atoms with van der Waals surface area (Å²) in [5.41, 5.74) is 3.88. The summed E-state index contributed by atoms with van der Waals surface area (Å²) in [5, 5.41) is 0. The molecule has 0 bridgehead atoms. The predicted octanol–water partition coefficient (Wildman–Crippen LogP) is 6.53. The van der Waals surface area contributed by atoms with Crippen LogP contribution in [-0.4, -0.2) is 6.61 Å². The maximum atomic E-state index is 5.44. The molecule has 0 saturated heterocycles. The van der Waals surface area contributed by atoms with Gasteiger partial charge in [0.25, 0.3) is 0 Å². The Bertz CT molecular complexity index is 512. The van der Waals surface area contributed by atoms with Gasteiger partial charge in [0.15, 0.2) is 0 Å². The first-order chi connectivity index (χ1) is 10.7. The summed E-state index contributed by atoms with van der Waals surface area (Å²) in [6, 6.07) is 16.9. The third kappa shape index (κ3) is 7.12. The normalized spacial score (nSPS) is 8.77. The van der Waals surface area contributed by atoms with E-state index < -0.39 is 0 Å². The Morgan fingerprint density at radius 2 is 1.55 bits per heavy atom. The first-order valence-corrected chi connectivity index (χ1v) is 8.14. The van der Waals surface area contributed by atoms with E-state index in [1.165, 1.54) is 16.7 Å². The molecule has 0 unspecified atom stereocenters. The van der Waals surface area contributed by atoms with Crippen LogP contribution < -0.4 is 4.74 Å². The molecule has 0 N–H and O–H groups in total. The van der Waals surface area contributed by atoms with Crippen LogP contribution in [-0.2, 0) is 6.42 Å². The Balaban J connectivity index is 0.000000789. The van der Waals surface area contributed by atoms with Crippen molar-refractivity contribution in [2.75, 3.05) is 6.61 Å². The van der Waals surface area contributed by atoms with E-state index in [-0.39, 0.29) is 0 Å². The van der Waals surface area contributed by atoms with Gasteiger partial charge in [0.2, 0.25) is 0 Å². The van der Waals surface area contributed by atoms with Gasteiger partial charge < -0.3 is 4.74 Å². The molecule has 0 amide bonds. The van der Waals surface area contributed by atoms with Gasteiger partial charge >= 0.3 is 0 Å². The van der Waals surface area contributed by atoms with Gasteiger partial charge in [-0.2, -0.15) is 0 Å². The van der Waals surface area contributed by atoms with Gasteiger partial charge in [-0.1, -0.05) is 63.2 Å². The molecule has 0 spiro atoms. The summed E-state index contributed by atoms with van der Waals surface area (Å²) >= 11 is 0. The molecule has 0 heterocycles. The highest BCUT2D eigenvalue weighted by molar-refractivity contribution is 5.64. The second-order valence-electron chi connectivity index (χ2n) is 4.42. The average molecular weight is 298 g/mol. The molecule has 0 fully saturated rings. The van der Waals surface area contributed by atoms with Crippen molar-refractivity contribution in [3.8, 4) is 16.9 Å². The number of rotatable bonds is 4. The van der Waals surface area contributed by atoms with Crippen molar-refractivity contribution < 1.29 is 4.74 Å². The summed E-state index contributed by atoms with van der Waals surface area (Å²) < 4.78 is 5.44. The second kappa shape index (κ2) is 12.7. The number of aryl methyl sites for hydroxylation is 1. The smallest absolute Gasteiger partial charge is 0.119 e. The molecule has 1 nitrogen and oxygen atoms in total. The van der Waals surface area contributed by atoms with Crippen molar-refractivity contribution in [2.24, 2.45) is 0 Å². The quantitative estimate of drug-likeness (QED) is 0.583. The molecule has 2 rings (SSSR count). The van der Waals surface area contributed by atoms with E-state index >= 15 is 0 Å². The minimum absolute atomic E-state index is 0.713. The monoisotopic (exact) mass is 298 g/mol. The third-order valence-corrected chi connectivity index (χ3v) is 2.83. The van der Waals surface area contributed by atoms with Crippen LogP contribution in [0.25, 0.3) is 11.1 Å². The van der Waals surface area contributed by atoms with Crippen LogP contribution in [0.2, 0.25) is 0 Å². The molecule has 1 heteroatoms. The Labute approximate surface area is 136 Å². The molecule has 0 atom stereocenters. The van der Waals surface area contributed by atoms with Gasteiger partial charge in [0.1, 0.15) is 5.75 Å². The molecular formula is C21H30O. The van der Waals surface area contributed by atoms with E-state index in [2.05, 4.69) is 49.9 Å². The fourth-order valence-corrected chi connectivity index (χ4v) is 1.88. The lowest BCUT2D eigenvalue weighted by atomic mass is 10.0. The highest BCUT2D eigenvalue weighted by Crippen LogP contribution is 2.23. The molecule has 0 saturated carbocycles. The third-order valence-electron chi connectivity index (χ3n) is 2.83. The minimum atomic E-state index is 0.713. The van der Waals surface area contributed by atoms with Crippen LogP contribution in [0.5, 0.6) is 5.75 Å². The summed E-state index contributed by atoms with van der Waals surface area (Å²) in [6.45, 7) is 14.1. The zero-order valence-electron chi connectivity index (χ0n) is 14.7. The Hall–Kier alpha value is -2.02. The standard InChI is InChI=1S/C16H18O.C3H6.C2H6/c1-3-13-6-5-7-15(12-13)14-8-10-16(11-9-14)17-4-2;1-3-2;1-2/h5-12H,3-4H2,1-2H3;3H,1H2,2H3;1-2H3. The van der Waals surface area contributed by atoms with E-state index in [4.69, 9.17) is 4.74 Å². The largest absolute Gasteiger partial charge is 0.494 e. The van der Waals surface area contributed by atoms with E-state index in [1.54, 1.807) is 6.08 Å². The van der Waals surface area contributed by atoms with Gasteiger partial charge in [-0.15, -0.1) is 6.58 Å². The van der Waals surface area contributed by atoms with E-state index in [0.29, 0.717) is 6.61 Å². The van der Waals surface area contributed by atoms with Crippen molar-refractivity contribution in [1.82, 2.24) is 0 Å². The van der Waals surface area contributed by atoms with Gasteiger partial charge in [0.05, 0.1) is 6.61 Å². The molecule has 0 radical (unpaired) electrons. The first-order valence-electron chi connectivity index (χ1n) is 8.14. The van der Waals surface area contributed by atoms with Crippen molar-refractivity contribution in [2.45, 2.75) is 41.0 Å². The minimum Gasteiger partial charge on any atom is -0.494 e. The lowest BCUT2D eigenvalue weighted by Crippen LogP contribution is -1.90. The van der Waals surface area contributed by atoms with Crippen molar-refractivity contribution in [3.05, 3.63) is 66.7 Å². The lowest BCUT2D eigenvalue weighted by molar-refractivity contribution is 0.340. The molecule has 0 aliphatic heterocycles. The van der Waals surface area contributed by atoms with Crippen LogP contribution >= 0.6 is 0 Å². The van der Waals surface area contributed by atoms with Gasteiger partial charge in [-0.05, 0) is 49.1 Å². The molecule has 120 valence electrons. The van der Waals surface area contributed by atoms with Crippen molar-refractivity contribution >= 4 is 0 Å². The van der Waals surface area contributed by atoms with Crippen LogP contribution in [0.1, 0.15) is 40.2 Å².